The van der Waals surface area contributed by atoms with Crippen LogP contribution >= 0.6 is 0 Å². The number of fused-ring (bicyclic) bond motifs is 1. The molecule has 9 nitrogen and oxygen atoms in total. The third kappa shape index (κ3) is 3.72. The lowest BCUT2D eigenvalue weighted by molar-refractivity contribution is -0.0424. The Labute approximate surface area is 190 Å². The molecule has 5 N–H and O–H groups in total. The molecule has 0 saturated heterocycles. The van der Waals surface area contributed by atoms with Crippen molar-refractivity contribution in [1.82, 2.24) is 0 Å². The van der Waals surface area contributed by atoms with Crippen LogP contribution in [-0.2, 0) is 12.8 Å². The van der Waals surface area contributed by atoms with Gasteiger partial charge in [-0.05, 0) is 34.6 Å². The highest BCUT2D eigenvalue weighted by Crippen LogP contribution is 2.51. The number of Topliss-reactive ketones (excluding diaryl/α,β-unsaturated/α-hetero) is 2. The van der Waals surface area contributed by atoms with E-state index in [0.717, 1.165) is 0 Å². The van der Waals surface area contributed by atoms with Crippen LogP contribution in [0.5, 0.6) is 34.5 Å². The van der Waals surface area contributed by atoms with Gasteiger partial charge < -0.3 is 35.0 Å². The summed E-state index contributed by atoms with van der Waals surface area (Å²) >= 11 is 0. The van der Waals surface area contributed by atoms with Crippen LogP contribution in [0.3, 0.4) is 0 Å². The number of hydrogen-bond acceptors (Lipinski definition) is 9. The molecule has 3 rings (SSSR count). The first-order chi connectivity index (χ1) is 15.2. The third-order valence-corrected chi connectivity index (χ3v) is 6.15. The fourth-order valence-electron chi connectivity index (χ4n) is 4.23. The third-order valence-electron chi connectivity index (χ3n) is 6.15. The minimum atomic E-state index is -1.08. The molecular weight excluding hydrogens is 432 g/mol. The van der Waals surface area contributed by atoms with Gasteiger partial charge in [0.1, 0.15) is 51.2 Å². The zero-order chi connectivity index (χ0) is 25.0. The number of ketones is 2. The first-order valence-corrected chi connectivity index (χ1v) is 10.3. The van der Waals surface area contributed by atoms with Crippen LogP contribution in [0, 0.1) is 6.92 Å². The van der Waals surface area contributed by atoms with E-state index in [1.54, 1.807) is 13.8 Å². The lowest BCUT2D eigenvalue weighted by atomic mass is 9.85. The molecule has 1 heterocycles. The van der Waals surface area contributed by atoms with Gasteiger partial charge in [0.25, 0.3) is 0 Å². The second-order valence-corrected chi connectivity index (χ2v) is 8.78. The number of aliphatic hydroxyl groups is 1. The van der Waals surface area contributed by atoms with Gasteiger partial charge in [0.05, 0.1) is 13.2 Å². The molecule has 33 heavy (non-hydrogen) atoms. The zero-order valence-corrected chi connectivity index (χ0v) is 19.4. The van der Waals surface area contributed by atoms with Gasteiger partial charge in [-0.2, -0.15) is 0 Å². The summed E-state index contributed by atoms with van der Waals surface area (Å²) in [4.78, 5) is 24.4. The number of ether oxygens (including phenoxy) is 2. The Morgan fingerprint density at radius 2 is 1.48 bits per heavy atom. The SMILES string of the molecule is COc1c(C)c(O)c(C(C)=O)c(O)c1Cc1c(O)c(C(C)=O)c(O)c2c1OC(C)(C)[C@H](O)C2. The zero-order valence-electron chi connectivity index (χ0n) is 19.4. The average Bonchev–Trinajstić information content (AvgIpc) is 2.70. The van der Waals surface area contributed by atoms with E-state index < -0.39 is 46.3 Å². The van der Waals surface area contributed by atoms with Gasteiger partial charge in [0.15, 0.2) is 11.6 Å². The predicted octanol–water partition coefficient (Wildman–Crippen LogP) is 2.90. The van der Waals surface area contributed by atoms with Crippen LogP contribution in [0.15, 0.2) is 0 Å². The summed E-state index contributed by atoms with van der Waals surface area (Å²) in [7, 11) is 1.32. The highest BCUT2D eigenvalue weighted by molar-refractivity contribution is 6.02. The van der Waals surface area contributed by atoms with Crippen molar-refractivity contribution in [2.75, 3.05) is 7.11 Å². The number of carbonyl (C=O) groups excluding carboxylic acids is 2. The van der Waals surface area contributed by atoms with E-state index in [2.05, 4.69) is 0 Å². The van der Waals surface area contributed by atoms with E-state index in [-0.39, 0.29) is 57.7 Å². The Morgan fingerprint density at radius 1 is 0.970 bits per heavy atom. The number of aliphatic hydroxyl groups excluding tert-OH is 1. The van der Waals surface area contributed by atoms with Crippen LogP contribution in [-0.4, -0.2) is 55.9 Å². The molecule has 0 spiro atoms. The maximum atomic E-state index is 12.2. The Bertz CT molecular complexity index is 1180. The highest BCUT2D eigenvalue weighted by Gasteiger charge is 2.41. The van der Waals surface area contributed by atoms with Crippen molar-refractivity contribution >= 4 is 11.6 Å². The lowest BCUT2D eigenvalue weighted by Gasteiger charge is -2.39. The molecule has 1 atom stereocenters. The van der Waals surface area contributed by atoms with E-state index in [9.17, 15) is 35.1 Å². The van der Waals surface area contributed by atoms with Gasteiger partial charge in [-0.25, -0.2) is 0 Å². The van der Waals surface area contributed by atoms with Gasteiger partial charge >= 0.3 is 0 Å². The molecule has 2 aromatic rings. The van der Waals surface area contributed by atoms with Crippen molar-refractivity contribution in [2.45, 2.75) is 59.2 Å². The van der Waals surface area contributed by atoms with Crippen molar-refractivity contribution in [1.29, 1.82) is 0 Å². The van der Waals surface area contributed by atoms with Gasteiger partial charge in [-0.3, -0.25) is 9.59 Å². The molecule has 0 bridgehead atoms. The fourth-order valence-corrected chi connectivity index (χ4v) is 4.23. The first-order valence-electron chi connectivity index (χ1n) is 10.3. The van der Waals surface area contributed by atoms with Gasteiger partial charge in [-0.1, -0.05) is 0 Å². The number of aromatic hydroxyl groups is 4. The molecule has 0 unspecified atom stereocenters. The van der Waals surface area contributed by atoms with Crippen LogP contribution in [0.4, 0.5) is 0 Å². The summed E-state index contributed by atoms with van der Waals surface area (Å²) < 4.78 is 11.3. The van der Waals surface area contributed by atoms with Crippen LogP contribution in [0.1, 0.15) is 70.7 Å². The smallest absolute Gasteiger partial charge is 0.167 e. The van der Waals surface area contributed by atoms with Crippen LogP contribution in [0.25, 0.3) is 0 Å². The topological polar surface area (TPSA) is 154 Å². The number of hydrogen-bond donors (Lipinski definition) is 5. The Morgan fingerprint density at radius 3 is 2.00 bits per heavy atom. The number of phenols is 4. The van der Waals surface area contributed by atoms with Crippen molar-refractivity contribution in [3.05, 3.63) is 33.4 Å². The molecular formula is C24H28O9. The van der Waals surface area contributed by atoms with E-state index in [1.807, 2.05) is 0 Å². The summed E-state index contributed by atoms with van der Waals surface area (Å²) in [5, 5.41) is 53.4. The minimum absolute atomic E-state index is 0.0435. The van der Waals surface area contributed by atoms with Crippen LogP contribution in [0.2, 0.25) is 0 Å². The monoisotopic (exact) mass is 460 g/mol. The Kier molecular flexibility index (Phi) is 5.97. The number of rotatable bonds is 5. The summed E-state index contributed by atoms with van der Waals surface area (Å²) in [6.45, 7) is 7.13. The highest BCUT2D eigenvalue weighted by atomic mass is 16.5. The standard InChI is InChI=1S/C24H28O9/c1-9-18(28)16(10(2)25)19(29)12(22(9)32-6)7-13-20(30)17(11(3)26)21(31)14-8-15(27)24(4,5)33-23(13)14/h15,27-31H,7-8H2,1-6H3/t15-/m1/s1. The molecule has 0 aromatic heterocycles. The number of methoxy groups -OCH3 is 1. The largest absolute Gasteiger partial charge is 0.507 e. The number of phenolic OH excluding ortho intramolecular Hbond substituents is 4. The normalized spacial score (nSPS) is 16.6. The molecule has 1 aliphatic heterocycles. The van der Waals surface area contributed by atoms with Crippen molar-refractivity contribution < 1.29 is 44.6 Å². The van der Waals surface area contributed by atoms with Gasteiger partial charge in [0, 0.05) is 35.1 Å². The quantitative estimate of drug-likeness (QED) is 0.424. The molecule has 0 radical (unpaired) electrons. The molecule has 2 aromatic carbocycles. The second-order valence-electron chi connectivity index (χ2n) is 8.78. The van der Waals surface area contributed by atoms with Crippen molar-refractivity contribution in [2.24, 2.45) is 0 Å². The average molecular weight is 460 g/mol. The Balaban J connectivity index is 2.38. The van der Waals surface area contributed by atoms with E-state index in [4.69, 9.17) is 9.47 Å². The van der Waals surface area contributed by atoms with Gasteiger partial charge in [0.2, 0.25) is 0 Å². The second kappa shape index (κ2) is 8.15. The molecule has 0 amide bonds. The molecule has 0 aliphatic carbocycles. The van der Waals surface area contributed by atoms with Crippen LogP contribution < -0.4 is 9.47 Å². The predicted molar refractivity (Wildman–Crippen MR) is 118 cm³/mol. The maximum absolute atomic E-state index is 12.2. The number of benzene rings is 2. The minimum Gasteiger partial charge on any atom is -0.507 e. The number of carbonyl (C=O) groups is 2. The first kappa shape index (κ1) is 24.2. The van der Waals surface area contributed by atoms with E-state index >= 15 is 0 Å². The van der Waals surface area contributed by atoms with E-state index in [1.165, 1.54) is 27.9 Å². The molecule has 0 fully saturated rings. The van der Waals surface area contributed by atoms with Crippen molar-refractivity contribution in [3.63, 3.8) is 0 Å². The van der Waals surface area contributed by atoms with Gasteiger partial charge in [-0.15, -0.1) is 0 Å². The summed E-state index contributed by atoms with van der Waals surface area (Å²) in [5.74, 6) is -3.07. The van der Waals surface area contributed by atoms with E-state index in [0.29, 0.717) is 0 Å². The molecule has 9 heteroatoms. The summed E-state index contributed by atoms with van der Waals surface area (Å²) in [5.41, 5.74) is -1.27. The molecule has 0 saturated carbocycles. The summed E-state index contributed by atoms with van der Waals surface area (Å²) in [6.07, 6.45) is -1.31. The Hall–Kier alpha value is -3.46. The molecule has 178 valence electrons. The van der Waals surface area contributed by atoms with Crippen molar-refractivity contribution in [3.8, 4) is 34.5 Å². The molecule has 1 aliphatic rings. The lowest BCUT2D eigenvalue weighted by Crippen LogP contribution is -2.46. The summed E-state index contributed by atoms with van der Waals surface area (Å²) in [6, 6.07) is 0. The fraction of sp³-hybridized carbons (Fsp3) is 0.417. The maximum Gasteiger partial charge on any atom is 0.167 e.